The first-order valence-electron chi connectivity index (χ1n) is 10.3. The number of fused-ring (bicyclic) bond motifs is 4. The molecule has 0 saturated heterocycles. The Morgan fingerprint density at radius 1 is 1.13 bits per heavy atom. The normalized spacial score (nSPS) is 14.8. The molecule has 1 aliphatic rings. The van der Waals surface area contributed by atoms with Crippen LogP contribution in [0.2, 0.25) is 0 Å². The van der Waals surface area contributed by atoms with Crippen molar-refractivity contribution in [1.29, 1.82) is 0 Å². The van der Waals surface area contributed by atoms with E-state index in [0.717, 1.165) is 53.7 Å². The molecule has 4 aromatic rings. The molecule has 1 amide bonds. The minimum atomic E-state index is -0.296. The van der Waals surface area contributed by atoms with Gasteiger partial charge in [-0.05, 0) is 44.4 Å². The highest BCUT2D eigenvalue weighted by Crippen LogP contribution is 2.31. The number of aromatic nitrogens is 4. The Balaban J connectivity index is 1.44. The zero-order chi connectivity index (χ0) is 20.7. The van der Waals surface area contributed by atoms with E-state index in [1.807, 2.05) is 48.2 Å². The van der Waals surface area contributed by atoms with Crippen LogP contribution in [0.25, 0.3) is 22.1 Å². The standard InChI is InChI=1S/C23H23N5OS/c1-3-27-19-13-7-5-11-17(19)20-21(27)24-23(26-25-20)30-15(2)22(29)28-14-8-10-16-9-4-6-12-18(16)28/h4-7,9,11-13,15H,3,8,10,14H2,1-2H3/t15-/m0/s1. The Bertz CT molecular complexity index is 1250. The van der Waals surface area contributed by atoms with Crippen LogP contribution in [0.3, 0.4) is 0 Å². The maximum atomic E-state index is 13.2. The van der Waals surface area contributed by atoms with Crippen LogP contribution in [0.4, 0.5) is 5.69 Å². The van der Waals surface area contributed by atoms with E-state index in [0.29, 0.717) is 5.16 Å². The summed E-state index contributed by atoms with van der Waals surface area (Å²) in [7, 11) is 0. The summed E-state index contributed by atoms with van der Waals surface area (Å²) in [5.74, 6) is 0.0897. The van der Waals surface area contributed by atoms with Gasteiger partial charge in [-0.3, -0.25) is 4.79 Å². The molecule has 6 nitrogen and oxygen atoms in total. The molecular weight excluding hydrogens is 394 g/mol. The van der Waals surface area contributed by atoms with Crippen molar-refractivity contribution in [1.82, 2.24) is 19.7 Å². The van der Waals surface area contributed by atoms with Crippen LogP contribution >= 0.6 is 11.8 Å². The maximum absolute atomic E-state index is 13.2. The number of hydrogen-bond acceptors (Lipinski definition) is 5. The predicted molar refractivity (Wildman–Crippen MR) is 121 cm³/mol. The fourth-order valence-electron chi connectivity index (χ4n) is 4.25. The van der Waals surface area contributed by atoms with Crippen LogP contribution in [0.1, 0.15) is 25.8 Å². The van der Waals surface area contributed by atoms with E-state index in [1.54, 1.807) is 0 Å². The SMILES string of the molecule is CCn1c2ccccc2c2nnc(S[C@@H](C)C(=O)N3CCCc4ccccc43)nc21. The summed E-state index contributed by atoms with van der Waals surface area (Å²) in [5.41, 5.74) is 5.00. The number of benzene rings is 2. The average molecular weight is 418 g/mol. The van der Waals surface area contributed by atoms with Crippen LogP contribution in [-0.4, -0.2) is 37.5 Å². The Morgan fingerprint density at radius 3 is 2.80 bits per heavy atom. The van der Waals surface area contributed by atoms with Gasteiger partial charge in [-0.1, -0.05) is 48.2 Å². The lowest BCUT2D eigenvalue weighted by molar-refractivity contribution is -0.117. The lowest BCUT2D eigenvalue weighted by Crippen LogP contribution is -2.40. The third-order valence-electron chi connectivity index (χ3n) is 5.68. The van der Waals surface area contributed by atoms with E-state index in [9.17, 15) is 4.79 Å². The van der Waals surface area contributed by atoms with E-state index in [-0.39, 0.29) is 11.2 Å². The third kappa shape index (κ3) is 3.13. The number of rotatable bonds is 4. The molecule has 0 fully saturated rings. The molecule has 2 aromatic carbocycles. The fourth-order valence-corrected chi connectivity index (χ4v) is 5.02. The molecule has 152 valence electrons. The number of amides is 1. The van der Waals surface area contributed by atoms with Gasteiger partial charge < -0.3 is 9.47 Å². The smallest absolute Gasteiger partial charge is 0.240 e. The monoisotopic (exact) mass is 417 g/mol. The van der Waals surface area contributed by atoms with Gasteiger partial charge in [-0.2, -0.15) is 0 Å². The Labute approximate surface area is 179 Å². The van der Waals surface area contributed by atoms with Crippen molar-refractivity contribution in [3.05, 3.63) is 54.1 Å². The zero-order valence-electron chi connectivity index (χ0n) is 17.1. The highest BCUT2D eigenvalue weighted by atomic mass is 32.2. The summed E-state index contributed by atoms with van der Waals surface area (Å²) in [6, 6.07) is 16.3. The first-order valence-corrected chi connectivity index (χ1v) is 11.2. The second kappa shape index (κ2) is 7.72. The minimum absolute atomic E-state index is 0.0897. The van der Waals surface area contributed by atoms with Gasteiger partial charge >= 0.3 is 0 Å². The quantitative estimate of drug-likeness (QED) is 0.459. The van der Waals surface area contributed by atoms with Crippen molar-refractivity contribution in [2.24, 2.45) is 0 Å². The van der Waals surface area contributed by atoms with Gasteiger partial charge in [0.15, 0.2) is 5.65 Å². The maximum Gasteiger partial charge on any atom is 0.240 e. The molecule has 0 bridgehead atoms. The first-order chi connectivity index (χ1) is 14.7. The number of aryl methyl sites for hydroxylation is 2. The van der Waals surface area contributed by atoms with E-state index < -0.39 is 0 Å². The van der Waals surface area contributed by atoms with Gasteiger partial charge in [-0.25, -0.2) is 4.98 Å². The van der Waals surface area contributed by atoms with Crippen LogP contribution in [0.5, 0.6) is 0 Å². The molecule has 5 rings (SSSR count). The van der Waals surface area contributed by atoms with Crippen LogP contribution < -0.4 is 4.90 Å². The second-order valence-electron chi connectivity index (χ2n) is 7.51. The van der Waals surface area contributed by atoms with Crippen molar-refractivity contribution < 1.29 is 4.79 Å². The largest absolute Gasteiger partial charge is 0.324 e. The highest BCUT2D eigenvalue weighted by molar-refractivity contribution is 8.00. The number of carbonyl (C=O) groups is 1. The highest BCUT2D eigenvalue weighted by Gasteiger charge is 2.27. The molecule has 0 saturated carbocycles. The van der Waals surface area contributed by atoms with Crippen LogP contribution in [0.15, 0.2) is 53.7 Å². The number of hydrogen-bond donors (Lipinski definition) is 0. The zero-order valence-corrected chi connectivity index (χ0v) is 17.9. The van der Waals surface area contributed by atoms with Crippen molar-refractivity contribution >= 4 is 45.4 Å². The summed E-state index contributed by atoms with van der Waals surface area (Å²) >= 11 is 1.37. The Morgan fingerprint density at radius 2 is 1.93 bits per heavy atom. The van der Waals surface area contributed by atoms with Crippen LogP contribution in [0, 0.1) is 0 Å². The molecule has 0 radical (unpaired) electrons. The van der Waals surface area contributed by atoms with Gasteiger partial charge in [0.2, 0.25) is 11.1 Å². The third-order valence-corrected chi connectivity index (χ3v) is 6.62. The van der Waals surface area contributed by atoms with E-state index >= 15 is 0 Å². The predicted octanol–water partition coefficient (Wildman–Crippen LogP) is 4.46. The lowest BCUT2D eigenvalue weighted by Gasteiger charge is -2.31. The molecule has 0 aliphatic carbocycles. The minimum Gasteiger partial charge on any atom is -0.324 e. The van der Waals surface area contributed by atoms with E-state index in [1.165, 1.54) is 17.3 Å². The summed E-state index contributed by atoms with van der Waals surface area (Å²) in [6.45, 7) is 5.57. The second-order valence-corrected chi connectivity index (χ2v) is 8.82. The van der Waals surface area contributed by atoms with Gasteiger partial charge in [0, 0.05) is 24.2 Å². The van der Waals surface area contributed by atoms with Crippen LogP contribution in [-0.2, 0) is 17.8 Å². The number of para-hydroxylation sites is 2. The molecule has 2 aromatic heterocycles. The lowest BCUT2D eigenvalue weighted by atomic mass is 10.0. The molecule has 7 heteroatoms. The van der Waals surface area contributed by atoms with Crippen molar-refractivity contribution in [2.75, 3.05) is 11.4 Å². The molecular formula is C23H23N5OS. The van der Waals surface area contributed by atoms with Gasteiger partial charge in [-0.15, -0.1) is 10.2 Å². The first kappa shape index (κ1) is 19.1. The molecule has 1 aliphatic heterocycles. The number of carbonyl (C=O) groups excluding carboxylic acids is 1. The van der Waals surface area contributed by atoms with Crippen molar-refractivity contribution in [2.45, 2.75) is 43.6 Å². The molecule has 0 spiro atoms. The van der Waals surface area contributed by atoms with Crippen molar-refractivity contribution in [3.8, 4) is 0 Å². The molecule has 30 heavy (non-hydrogen) atoms. The fraction of sp³-hybridized carbons (Fsp3) is 0.304. The summed E-state index contributed by atoms with van der Waals surface area (Å²) in [6.07, 6.45) is 2.01. The van der Waals surface area contributed by atoms with E-state index in [4.69, 9.17) is 4.98 Å². The molecule has 0 N–H and O–H groups in total. The Kier molecular flexibility index (Phi) is 4.90. The van der Waals surface area contributed by atoms with Crippen molar-refractivity contribution in [3.63, 3.8) is 0 Å². The van der Waals surface area contributed by atoms with Gasteiger partial charge in [0.1, 0.15) is 5.52 Å². The number of anilines is 1. The number of thioether (sulfide) groups is 1. The van der Waals surface area contributed by atoms with Gasteiger partial charge in [0.25, 0.3) is 0 Å². The van der Waals surface area contributed by atoms with E-state index in [2.05, 4.69) is 33.8 Å². The summed E-state index contributed by atoms with van der Waals surface area (Å²) in [5, 5.41) is 10.1. The molecule has 1 atom stereocenters. The number of nitrogens with zero attached hydrogens (tertiary/aromatic N) is 5. The molecule has 0 unspecified atom stereocenters. The van der Waals surface area contributed by atoms with Gasteiger partial charge in [0.05, 0.1) is 10.8 Å². The average Bonchev–Trinajstić information content (AvgIpc) is 3.11. The summed E-state index contributed by atoms with van der Waals surface area (Å²) in [4.78, 5) is 19.9. The summed E-state index contributed by atoms with van der Waals surface area (Å²) < 4.78 is 2.15. The molecule has 3 heterocycles. The topological polar surface area (TPSA) is 63.9 Å². The Hall–Kier alpha value is -2.93.